The summed E-state index contributed by atoms with van der Waals surface area (Å²) in [6.07, 6.45) is 4.05. The molecule has 4 heteroatoms. The van der Waals surface area contributed by atoms with Crippen LogP contribution in [0.2, 0.25) is 0 Å². The number of halogens is 2. The molecule has 1 aromatic carbocycles. The number of hydrogen-bond acceptors (Lipinski definition) is 2. The van der Waals surface area contributed by atoms with Crippen molar-refractivity contribution in [3.05, 3.63) is 28.2 Å². The average molecular weight is 350 g/mol. The second kappa shape index (κ2) is 6.97. The summed E-state index contributed by atoms with van der Waals surface area (Å²) < 4.78 is 11.7. The topological polar surface area (TPSA) is 18.5 Å². The van der Waals surface area contributed by atoms with Gasteiger partial charge in [0, 0.05) is 5.33 Å². The third kappa shape index (κ3) is 3.52. The molecule has 0 radical (unpaired) electrons. The van der Waals surface area contributed by atoms with Gasteiger partial charge in [0.1, 0.15) is 0 Å². The second-order valence-electron chi connectivity index (χ2n) is 3.02. The van der Waals surface area contributed by atoms with Crippen molar-refractivity contribution >= 4 is 37.9 Å². The number of benzene rings is 1. The van der Waals surface area contributed by atoms with Crippen molar-refractivity contribution in [2.24, 2.45) is 0 Å². The Morgan fingerprint density at radius 1 is 1.38 bits per heavy atom. The summed E-state index contributed by atoms with van der Waals surface area (Å²) in [5.41, 5.74) is 1.08. The van der Waals surface area contributed by atoms with Gasteiger partial charge in [-0.3, -0.25) is 0 Å². The van der Waals surface area contributed by atoms with Gasteiger partial charge in [-0.1, -0.05) is 28.1 Å². The fourth-order valence-corrected chi connectivity index (χ4v) is 2.06. The number of hydrogen-bond donors (Lipinski definition) is 0. The quantitative estimate of drug-likeness (QED) is 0.739. The van der Waals surface area contributed by atoms with Crippen LogP contribution in [0.4, 0.5) is 0 Å². The van der Waals surface area contributed by atoms with Crippen molar-refractivity contribution < 1.29 is 9.47 Å². The van der Waals surface area contributed by atoms with Crippen LogP contribution in [0.3, 0.4) is 0 Å². The van der Waals surface area contributed by atoms with Crippen molar-refractivity contribution in [3.63, 3.8) is 0 Å². The van der Waals surface area contributed by atoms with Crippen LogP contribution < -0.4 is 9.47 Å². The minimum Gasteiger partial charge on any atom is -0.493 e. The van der Waals surface area contributed by atoms with E-state index in [1.807, 2.05) is 31.2 Å². The lowest BCUT2D eigenvalue weighted by atomic mass is 10.2. The molecule has 1 rings (SSSR count). The van der Waals surface area contributed by atoms with Gasteiger partial charge in [-0.2, -0.15) is 0 Å². The smallest absolute Gasteiger partial charge is 0.175 e. The highest BCUT2D eigenvalue weighted by Crippen LogP contribution is 2.36. The van der Waals surface area contributed by atoms with E-state index in [2.05, 4.69) is 31.9 Å². The lowest BCUT2D eigenvalue weighted by Gasteiger charge is -2.12. The minimum atomic E-state index is 0.617. The van der Waals surface area contributed by atoms with E-state index in [-0.39, 0.29) is 0 Å². The molecule has 0 amide bonds. The van der Waals surface area contributed by atoms with Crippen molar-refractivity contribution in [1.82, 2.24) is 0 Å². The van der Waals surface area contributed by atoms with Crippen molar-refractivity contribution in [2.75, 3.05) is 19.0 Å². The molecule has 0 unspecified atom stereocenters. The first-order chi connectivity index (χ1) is 7.72. The normalized spacial score (nSPS) is 10.8. The summed E-state index contributed by atoms with van der Waals surface area (Å²) in [5.74, 6) is 1.49. The van der Waals surface area contributed by atoms with E-state index in [0.29, 0.717) is 6.61 Å². The zero-order chi connectivity index (χ0) is 12.0. The Kier molecular flexibility index (Phi) is 5.91. The van der Waals surface area contributed by atoms with Gasteiger partial charge < -0.3 is 9.47 Å². The summed E-state index contributed by atoms with van der Waals surface area (Å²) in [4.78, 5) is 0. The van der Waals surface area contributed by atoms with Crippen LogP contribution in [0.5, 0.6) is 11.5 Å². The van der Waals surface area contributed by atoms with Gasteiger partial charge in [0.15, 0.2) is 11.5 Å². The van der Waals surface area contributed by atoms with Crippen LogP contribution in [-0.4, -0.2) is 19.0 Å². The Labute approximate surface area is 113 Å². The van der Waals surface area contributed by atoms with E-state index < -0.39 is 0 Å². The highest BCUT2D eigenvalue weighted by Gasteiger charge is 2.09. The summed E-state index contributed by atoms with van der Waals surface area (Å²) in [6.45, 7) is 2.57. The van der Waals surface area contributed by atoms with Gasteiger partial charge in [0.05, 0.1) is 18.2 Å². The summed E-state index contributed by atoms with van der Waals surface area (Å²) in [6, 6.07) is 3.96. The summed E-state index contributed by atoms with van der Waals surface area (Å²) in [7, 11) is 1.64. The molecule has 0 aliphatic carbocycles. The molecule has 0 fully saturated rings. The molecular weight excluding hydrogens is 336 g/mol. The molecule has 16 heavy (non-hydrogen) atoms. The van der Waals surface area contributed by atoms with Gasteiger partial charge in [-0.25, -0.2) is 0 Å². The van der Waals surface area contributed by atoms with E-state index in [0.717, 1.165) is 26.9 Å². The number of methoxy groups -OCH3 is 1. The lowest BCUT2D eigenvalue weighted by molar-refractivity contribution is 0.309. The third-order valence-corrected chi connectivity index (χ3v) is 2.90. The van der Waals surface area contributed by atoms with E-state index in [1.165, 1.54) is 0 Å². The Bertz CT molecular complexity index is 376. The van der Waals surface area contributed by atoms with Crippen LogP contribution in [0, 0.1) is 0 Å². The number of rotatable bonds is 5. The fraction of sp³-hybridized carbons (Fsp3) is 0.333. The molecule has 0 atom stereocenters. The molecule has 0 saturated heterocycles. The van der Waals surface area contributed by atoms with Crippen molar-refractivity contribution in [3.8, 4) is 11.5 Å². The lowest BCUT2D eigenvalue weighted by Crippen LogP contribution is -1.96. The monoisotopic (exact) mass is 348 g/mol. The first kappa shape index (κ1) is 13.6. The zero-order valence-corrected chi connectivity index (χ0v) is 12.5. The van der Waals surface area contributed by atoms with Gasteiger partial charge in [-0.05, 0) is 40.5 Å². The highest BCUT2D eigenvalue weighted by atomic mass is 79.9. The maximum Gasteiger partial charge on any atom is 0.175 e. The molecule has 0 saturated carbocycles. The van der Waals surface area contributed by atoms with Gasteiger partial charge >= 0.3 is 0 Å². The Morgan fingerprint density at radius 2 is 2.12 bits per heavy atom. The van der Waals surface area contributed by atoms with Gasteiger partial charge in [-0.15, -0.1) is 0 Å². The maximum absolute atomic E-state index is 5.51. The number of ether oxygens (including phenoxy) is 2. The van der Waals surface area contributed by atoms with E-state index in [1.54, 1.807) is 7.11 Å². The second-order valence-corrected chi connectivity index (χ2v) is 4.53. The van der Waals surface area contributed by atoms with Crippen LogP contribution in [0.1, 0.15) is 12.5 Å². The number of alkyl halides is 1. The first-order valence-electron chi connectivity index (χ1n) is 4.95. The van der Waals surface area contributed by atoms with Crippen LogP contribution in [0.25, 0.3) is 6.08 Å². The van der Waals surface area contributed by atoms with Crippen molar-refractivity contribution in [1.29, 1.82) is 0 Å². The molecule has 0 aromatic heterocycles. The Morgan fingerprint density at radius 3 is 2.69 bits per heavy atom. The molecule has 0 bridgehead atoms. The molecular formula is C12H14Br2O2. The molecule has 88 valence electrons. The predicted octanol–water partition coefficient (Wildman–Crippen LogP) is 4.26. The molecule has 0 aliphatic rings. The summed E-state index contributed by atoms with van der Waals surface area (Å²) in [5, 5.41) is 0.833. The SMILES string of the molecule is CCOc1c(Br)cc(C=CCBr)cc1OC. The molecule has 0 aliphatic heterocycles. The molecule has 2 nitrogen and oxygen atoms in total. The Hall–Kier alpha value is -0.480. The van der Waals surface area contributed by atoms with E-state index >= 15 is 0 Å². The molecule has 0 spiro atoms. The van der Waals surface area contributed by atoms with Crippen LogP contribution >= 0.6 is 31.9 Å². The van der Waals surface area contributed by atoms with Gasteiger partial charge in [0.25, 0.3) is 0 Å². The molecule has 0 heterocycles. The molecule has 0 N–H and O–H groups in total. The average Bonchev–Trinajstić information content (AvgIpc) is 2.29. The van der Waals surface area contributed by atoms with Crippen LogP contribution in [0.15, 0.2) is 22.7 Å². The van der Waals surface area contributed by atoms with E-state index in [9.17, 15) is 0 Å². The minimum absolute atomic E-state index is 0.617. The highest BCUT2D eigenvalue weighted by molar-refractivity contribution is 9.10. The Balaban J connectivity index is 3.10. The molecule has 1 aromatic rings. The van der Waals surface area contributed by atoms with E-state index in [4.69, 9.17) is 9.47 Å². The zero-order valence-electron chi connectivity index (χ0n) is 9.30. The third-order valence-electron chi connectivity index (χ3n) is 1.94. The predicted molar refractivity (Wildman–Crippen MR) is 74.7 cm³/mol. The standard InChI is InChI=1S/C12H14Br2O2/c1-3-16-12-10(14)7-9(5-4-6-13)8-11(12)15-2/h4-5,7-8H,3,6H2,1-2H3. The first-order valence-corrected chi connectivity index (χ1v) is 6.87. The number of allylic oxidation sites excluding steroid dienone is 1. The summed E-state index contributed by atoms with van der Waals surface area (Å²) >= 11 is 6.83. The van der Waals surface area contributed by atoms with Crippen LogP contribution in [-0.2, 0) is 0 Å². The van der Waals surface area contributed by atoms with Gasteiger partial charge in [0.2, 0.25) is 0 Å². The maximum atomic E-state index is 5.51. The largest absolute Gasteiger partial charge is 0.493 e. The van der Waals surface area contributed by atoms with Crippen molar-refractivity contribution in [2.45, 2.75) is 6.92 Å². The fourth-order valence-electron chi connectivity index (χ4n) is 1.30.